The van der Waals surface area contributed by atoms with E-state index in [-0.39, 0.29) is 0 Å². The van der Waals surface area contributed by atoms with Crippen LogP contribution in [0.4, 0.5) is 0 Å². The van der Waals surface area contributed by atoms with Gasteiger partial charge in [0.1, 0.15) is 4.21 Å². The van der Waals surface area contributed by atoms with Crippen molar-refractivity contribution in [1.29, 1.82) is 0 Å². The van der Waals surface area contributed by atoms with Crippen molar-refractivity contribution in [2.75, 3.05) is 26.7 Å². The average molecular weight is 518 g/mol. The van der Waals surface area contributed by atoms with Crippen LogP contribution in [-0.2, 0) is 32.6 Å². The van der Waals surface area contributed by atoms with Crippen molar-refractivity contribution in [2.45, 2.75) is 50.0 Å². The SMILES string of the molecule is CN(CCCc1ccc(CN(C=O)OC(C)(C)C)cc1)CCNS(=O)(=O)c1cc2ccccc2s1. The normalized spacial score (nSPS) is 12.4. The predicted octanol–water partition coefficient (Wildman–Crippen LogP) is 4.43. The Kier molecular flexibility index (Phi) is 9.43. The van der Waals surface area contributed by atoms with E-state index in [1.165, 1.54) is 22.0 Å². The highest BCUT2D eigenvalue weighted by Gasteiger charge is 2.18. The summed E-state index contributed by atoms with van der Waals surface area (Å²) in [5.41, 5.74) is 1.81. The highest BCUT2D eigenvalue weighted by molar-refractivity contribution is 7.91. The number of nitrogens with zero attached hydrogens (tertiary/aromatic N) is 2. The van der Waals surface area contributed by atoms with Crippen LogP contribution < -0.4 is 4.72 Å². The highest BCUT2D eigenvalue weighted by Crippen LogP contribution is 2.28. The molecule has 0 unspecified atom stereocenters. The zero-order chi connectivity index (χ0) is 25.5. The van der Waals surface area contributed by atoms with Crippen LogP contribution in [0.5, 0.6) is 0 Å². The molecule has 0 saturated carbocycles. The lowest BCUT2D eigenvalue weighted by molar-refractivity contribution is -0.220. The molecule has 0 aliphatic rings. The number of rotatable bonds is 13. The Hall–Kier alpha value is -2.30. The zero-order valence-electron chi connectivity index (χ0n) is 20.9. The molecule has 35 heavy (non-hydrogen) atoms. The molecule has 1 N–H and O–H groups in total. The molecular weight excluding hydrogens is 482 g/mol. The number of amides is 1. The maximum atomic E-state index is 12.6. The standard InChI is InChI=1S/C26H35N3O4S2/c1-26(2,3)33-29(20-30)19-22-13-11-21(12-14-22)8-7-16-28(4)17-15-27-35(31,32)25-18-23-9-5-6-10-24(23)34-25/h5-6,9-14,18,20,27H,7-8,15-17,19H2,1-4H3. The third-order valence-corrected chi connectivity index (χ3v) is 8.38. The number of hydrogen-bond acceptors (Lipinski definition) is 6. The Balaban J connectivity index is 1.38. The number of sulfonamides is 1. The molecule has 0 spiro atoms. The molecule has 1 heterocycles. The van der Waals surface area contributed by atoms with Crippen molar-refractivity contribution in [3.63, 3.8) is 0 Å². The number of benzene rings is 2. The van der Waals surface area contributed by atoms with E-state index in [1.807, 2.05) is 64.2 Å². The van der Waals surface area contributed by atoms with Gasteiger partial charge in [0, 0.05) is 17.8 Å². The second-order valence-electron chi connectivity index (χ2n) is 9.61. The molecule has 0 aliphatic carbocycles. The van der Waals surface area contributed by atoms with Crippen LogP contribution in [0.2, 0.25) is 0 Å². The number of fused-ring (bicyclic) bond motifs is 1. The van der Waals surface area contributed by atoms with E-state index in [2.05, 4.69) is 21.8 Å². The van der Waals surface area contributed by atoms with Crippen LogP contribution in [0.3, 0.4) is 0 Å². The summed E-state index contributed by atoms with van der Waals surface area (Å²) in [5, 5.41) is 2.27. The number of thiophene rings is 1. The molecule has 3 rings (SSSR count). The summed E-state index contributed by atoms with van der Waals surface area (Å²) >= 11 is 1.29. The van der Waals surface area contributed by atoms with Crippen LogP contribution in [0.15, 0.2) is 58.8 Å². The maximum absolute atomic E-state index is 12.6. The predicted molar refractivity (Wildman–Crippen MR) is 142 cm³/mol. The third-order valence-electron chi connectivity index (χ3n) is 5.33. The van der Waals surface area contributed by atoms with Gasteiger partial charge >= 0.3 is 0 Å². The molecule has 0 fully saturated rings. The lowest BCUT2D eigenvalue weighted by Crippen LogP contribution is -2.33. The van der Waals surface area contributed by atoms with Gasteiger partial charge in [-0.15, -0.1) is 11.3 Å². The number of carbonyl (C=O) groups is 1. The number of nitrogens with one attached hydrogen (secondary N) is 1. The van der Waals surface area contributed by atoms with E-state index in [0.29, 0.717) is 30.3 Å². The first-order chi connectivity index (χ1) is 16.6. The molecule has 3 aromatic rings. The minimum Gasteiger partial charge on any atom is -0.305 e. The summed E-state index contributed by atoms with van der Waals surface area (Å²) in [6.07, 6.45) is 2.60. The van der Waals surface area contributed by atoms with E-state index < -0.39 is 15.6 Å². The Bertz CT molecular complexity index is 1170. The first-order valence-corrected chi connectivity index (χ1v) is 14.0. The summed E-state index contributed by atoms with van der Waals surface area (Å²) in [6.45, 7) is 7.99. The number of likely N-dealkylation sites (N-methyl/N-ethyl adjacent to an activating group) is 1. The minimum absolute atomic E-state index is 0.353. The van der Waals surface area contributed by atoms with Gasteiger partial charge in [0.2, 0.25) is 16.4 Å². The molecule has 0 radical (unpaired) electrons. The van der Waals surface area contributed by atoms with Gasteiger partial charge < -0.3 is 4.90 Å². The number of carbonyl (C=O) groups excluding carboxylic acids is 1. The second-order valence-corrected chi connectivity index (χ2v) is 12.7. The lowest BCUT2D eigenvalue weighted by atomic mass is 10.1. The zero-order valence-corrected chi connectivity index (χ0v) is 22.5. The average Bonchev–Trinajstić information content (AvgIpc) is 3.24. The molecular formula is C26H35N3O4S2. The lowest BCUT2D eigenvalue weighted by Gasteiger charge is -2.26. The highest BCUT2D eigenvalue weighted by atomic mass is 32.2. The van der Waals surface area contributed by atoms with Crippen molar-refractivity contribution in [3.8, 4) is 0 Å². The largest absolute Gasteiger partial charge is 0.305 e. The molecule has 0 saturated heterocycles. The molecule has 2 aromatic carbocycles. The fraction of sp³-hybridized carbons (Fsp3) is 0.423. The van der Waals surface area contributed by atoms with Gasteiger partial charge in [0.05, 0.1) is 12.1 Å². The molecule has 7 nitrogen and oxygen atoms in total. The summed E-state index contributed by atoms with van der Waals surface area (Å²) in [5.74, 6) is 0. The second kappa shape index (κ2) is 12.1. The van der Waals surface area contributed by atoms with E-state index >= 15 is 0 Å². The molecule has 0 aliphatic heterocycles. The van der Waals surface area contributed by atoms with Gasteiger partial charge in [-0.2, -0.15) is 0 Å². The van der Waals surface area contributed by atoms with Crippen molar-refractivity contribution < 1.29 is 18.0 Å². The van der Waals surface area contributed by atoms with Crippen molar-refractivity contribution in [2.24, 2.45) is 0 Å². The number of aryl methyl sites for hydroxylation is 1. The Morgan fingerprint density at radius 2 is 1.71 bits per heavy atom. The fourth-order valence-electron chi connectivity index (χ4n) is 3.63. The van der Waals surface area contributed by atoms with Gasteiger partial charge in [-0.25, -0.2) is 18.2 Å². The fourth-order valence-corrected chi connectivity index (χ4v) is 6.09. The van der Waals surface area contributed by atoms with E-state index in [1.54, 1.807) is 6.07 Å². The quantitative estimate of drug-likeness (QED) is 0.268. The van der Waals surface area contributed by atoms with Crippen LogP contribution >= 0.6 is 11.3 Å². The summed E-state index contributed by atoms with van der Waals surface area (Å²) in [4.78, 5) is 19.0. The first-order valence-electron chi connectivity index (χ1n) is 11.7. The van der Waals surface area contributed by atoms with E-state index in [9.17, 15) is 13.2 Å². The van der Waals surface area contributed by atoms with Crippen LogP contribution in [0.1, 0.15) is 38.3 Å². The first kappa shape index (κ1) is 27.3. The van der Waals surface area contributed by atoms with Gasteiger partial charge in [-0.3, -0.25) is 9.63 Å². The van der Waals surface area contributed by atoms with E-state index in [0.717, 1.165) is 35.0 Å². The summed E-state index contributed by atoms with van der Waals surface area (Å²) in [6, 6.07) is 17.6. The summed E-state index contributed by atoms with van der Waals surface area (Å²) in [7, 11) is -1.50. The van der Waals surface area contributed by atoms with Gasteiger partial charge in [-0.1, -0.05) is 42.5 Å². The van der Waals surface area contributed by atoms with Crippen molar-refractivity contribution >= 4 is 37.9 Å². The Labute approximate surface area is 212 Å². The maximum Gasteiger partial charge on any atom is 0.250 e. The summed E-state index contributed by atoms with van der Waals surface area (Å²) < 4.78 is 29.3. The van der Waals surface area contributed by atoms with Gasteiger partial charge in [-0.05, 0) is 75.9 Å². The Morgan fingerprint density at radius 1 is 1.03 bits per heavy atom. The monoisotopic (exact) mass is 517 g/mol. The van der Waals surface area contributed by atoms with Crippen molar-refractivity contribution in [3.05, 3.63) is 65.7 Å². The van der Waals surface area contributed by atoms with Crippen molar-refractivity contribution in [1.82, 2.24) is 14.7 Å². The smallest absolute Gasteiger partial charge is 0.250 e. The van der Waals surface area contributed by atoms with Gasteiger partial charge in [0.25, 0.3) is 0 Å². The van der Waals surface area contributed by atoms with Crippen LogP contribution in [0.25, 0.3) is 10.1 Å². The topological polar surface area (TPSA) is 79.0 Å². The minimum atomic E-state index is -3.50. The molecule has 190 valence electrons. The van der Waals surface area contributed by atoms with Crippen LogP contribution in [-0.4, -0.2) is 57.1 Å². The van der Waals surface area contributed by atoms with Gasteiger partial charge in [0.15, 0.2) is 0 Å². The number of hydroxylamine groups is 2. The molecule has 1 aromatic heterocycles. The molecule has 0 atom stereocenters. The Morgan fingerprint density at radius 3 is 2.37 bits per heavy atom. The molecule has 1 amide bonds. The number of hydrogen-bond donors (Lipinski definition) is 1. The molecule has 9 heteroatoms. The van der Waals surface area contributed by atoms with Crippen LogP contribution in [0, 0.1) is 0 Å². The molecule has 0 bridgehead atoms. The third kappa shape index (κ3) is 8.70. The van der Waals surface area contributed by atoms with E-state index in [4.69, 9.17) is 4.84 Å².